The highest BCUT2D eigenvalue weighted by molar-refractivity contribution is 6.11. The molecule has 18 rings (SSSR count). The summed E-state index contributed by atoms with van der Waals surface area (Å²) in [7, 11) is 8.02. The van der Waals surface area contributed by atoms with Gasteiger partial charge in [-0.1, -0.05) is 117 Å². The number of likely N-dealkylation sites (N-methyl/N-ethyl adjacent to an activating group) is 1. The van der Waals surface area contributed by atoms with Crippen molar-refractivity contribution in [2.75, 3.05) is 78.6 Å². The van der Waals surface area contributed by atoms with Crippen molar-refractivity contribution in [1.82, 2.24) is 70.1 Å². The monoisotopic (exact) mass is 1830 g/mol. The molecule has 5 aromatic heterocycles. The van der Waals surface area contributed by atoms with E-state index in [-0.39, 0.29) is 80.5 Å². The van der Waals surface area contributed by atoms with Gasteiger partial charge in [-0.05, 0) is 147 Å². The summed E-state index contributed by atoms with van der Waals surface area (Å²) in [6, 6.07) is 48.4. The highest BCUT2D eigenvalue weighted by atomic mass is 19.1. The fourth-order valence-corrected chi connectivity index (χ4v) is 16.7. The Kier molecular flexibility index (Phi) is 26.3. The van der Waals surface area contributed by atoms with Crippen LogP contribution in [0.3, 0.4) is 0 Å². The first-order valence-corrected chi connectivity index (χ1v) is 44.1. The van der Waals surface area contributed by atoms with Crippen molar-refractivity contribution in [1.29, 1.82) is 0 Å². The second-order valence-corrected chi connectivity index (χ2v) is 35.4. The third-order valence-corrected chi connectivity index (χ3v) is 24.4. The summed E-state index contributed by atoms with van der Waals surface area (Å²) in [5.41, 5.74) is 6.86. The SMILES string of the molecule is CCN1CCN(c2cccc(-c3ccc(C#C[C@]4(CN5Cc6ccc(OC)c(F)c6C5=O)CC(=O)NC4=O)cc3)n2)CC1.COc1ccc2c(c1)C(=O)N(C[C@@]1(C#Cc3ccc(-c4nc(-c5cnn(C)c5)ccc4OC(=O)C(C)(C)C)cc3)CC(=O)NC1=O)C2.COc1ccc2c(c1)C(=O)N(C[C@@]1(C#Cc3ccc(-c4nc(-c5cnn(C)c5)ccc4OC(=O)C(C)C)cc3)CC(=O)NC1=O)C2. The van der Waals surface area contributed by atoms with Gasteiger partial charge in [0.2, 0.25) is 35.4 Å². The molecule has 3 N–H and O–H groups in total. The van der Waals surface area contributed by atoms with Gasteiger partial charge in [-0.25, -0.2) is 19.3 Å². The van der Waals surface area contributed by atoms with Crippen molar-refractivity contribution >= 4 is 70.9 Å². The predicted octanol–water partition coefficient (Wildman–Crippen LogP) is 11.0. The number of nitrogens with one attached hydrogen (secondary N) is 3. The second kappa shape index (κ2) is 38.5. The van der Waals surface area contributed by atoms with E-state index in [9.17, 15) is 57.1 Å². The number of aryl methyl sites for hydroxylation is 2. The number of imide groups is 3. The summed E-state index contributed by atoms with van der Waals surface area (Å²) >= 11 is 0. The summed E-state index contributed by atoms with van der Waals surface area (Å²) in [4.78, 5) is 165. The molecule has 0 unspecified atom stereocenters. The number of ether oxygens (including phenoxy) is 5. The normalized spacial score (nSPS) is 18.1. The van der Waals surface area contributed by atoms with E-state index in [0.717, 1.165) is 72.1 Å². The summed E-state index contributed by atoms with van der Waals surface area (Å²) in [6.45, 7) is 16.5. The van der Waals surface area contributed by atoms with Gasteiger partial charge < -0.3 is 48.2 Å². The molecule has 9 amide bonds. The van der Waals surface area contributed by atoms with Crippen molar-refractivity contribution in [2.45, 2.75) is 80.4 Å². The molecule has 32 heteroatoms. The van der Waals surface area contributed by atoms with E-state index in [1.807, 2.05) is 81.1 Å². The largest absolute Gasteiger partial charge is 0.497 e. The lowest BCUT2D eigenvalue weighted by Crippen LogP contribution is -2.46. The molecule has 7 aliphatic heterocycles. The van der Waals surface area contributed by atoms with E-state index in [4.69, 9.17) is 38.6 Å². The summed E-state index contributed by atoms with van der Waals surface area (Å²) in [5, 5.41) is 15.5. The zero-order chi connectivity index (χ0) is 96.2. The molecule has 0 spiro atoms. The lowest BCUT2D eigenvalue weighted by molar-refractivity contribution is -0.143. The molecule has 3 atom stereocenters. The van der Waals surface area contributed by atoms with Crippen LogP contribution in [-0.4, -0.2) is 193 Å². The fraction of sp³-hybridized carbons (Fsp3) is 0.288. The molecule has 0 aliphatic carbocycles. The average molecular weight is 1830 g/mol. The van der Waals surface area contributed by atoms with Gasteiger partial charge in [0.05, 0.1) is 87.0 Å². The average Bonchev–Trinajstić information content (AvgIpc) is 1.63. The molecular formula is C104H96FN15O16. The molecule has 0 radical (unpaired) electrons. The van der Waals surface area contributed by atoms with Gasteiger partial charge >= 0.3 is 11.9 Å². The highest BCUT2D eigenvalue weighted by Crippen LogP contribution is 2.42. The summed E-state index contributed by atoms with van der Waals surface area (Å²) in [6.07, 6.45) is 6.59. The molecule has 6 aromatic carbocycles. The number of hydrogen-bond acceptors (Lipinski definition) is 23. The minimum absolute atomic E-state index is 0.0302. The number of anilines is 1. The number of piperazine rings is 1. The lowest BCUT2D eigenvalue weighted by atomic mass is 9.85. The number of amides is 9. The van der Waals surface area contributed by atoms with Gasteiger partial charge in [0, 0.05) is 148 Å². The number of esters is 2. The van der Waals surface area contributed by atoms with Gasteiger partial charge in [0.25, 0.3) is 17.7 Å². The van der Waals surface area contributed by atoms with Gasteiger partial charge in [0.1, 0.15) is 44.9 Å². The quantitative estimate of drug-likeness (QED) is 0.0384. The van der Waals surface area contributed by atoms with Crippen LogP contribution < -0.4 is 44.5 Å². The zero-order valence-electron chi connectivity index (χ0n) is 76.7. The molecule has 0 bridgehead atoms. The Labute approximate surface area is 783 Å². The maximum absolute atomic E-state index is 14.9. The molecule has 4 saturated heterocycles. The van der Waals surface area contributed by atoms with Crippen molar-refractivity contribution in [3.05, 3.63) is 244 Å². The third kappa shape index (κ3) is 19.8. The molecule has 12 heterocycles. The van der Waals surface area contributed by atoms with E-state index in [1.165, 1.54) is 32.3 Å². The van der Waals surface area contributed by atoms with E-state index in [2.05, 4.69) is 78.4 Å². The Bertz CT molecular complexity index is 6900. The van der Waals surface area contributed by atoms with Gasteiger partial charge in [-0.2, -0.15) is 10.2 Å². The van der Waals surface area contributed by atoms with Gasteiger partial charge in [0.15, 0.2) is 23.1 Å². The summed E-state index contributed by atoms with van der Waals surface area (Å²) < 4.78 is 45.2. The smallest absolute Gasteiger partial charge is 0.316 e. The van der Waals surface area contributed by atoms with Crippen LogP contribution in [0.2, 0.25) is 0 Å². The number of methoxy groups -OCH3 is 3. The topological polar surface area (TPSA) is 361 Å². The maximum Gasteiger partial charge on any atom is 0.316 e. The first kappa shape index (κ1) is 93.0. The minimum Gasteiger partial charge on any atom is -0.497 e. The molecule has 690 valence electrons. The molecule has 7 aliphatic rings. The number of nitrogens with zero attached hydrogens (tertiary/aromatic N) is 12. The second-order valence-electron chi connectivity index (χ2n) is 35.4. The Morgan fingerprint density at radius 2 is 0.882 bits per heavy atom. The van der Waals surface area contributed by atoms with E-state index < -0.39 is 74.8 Å². The number of benzene rings is 6. The van der Waals surface area contributed by atoms with Crippen LogP contribution in [0.25, 0.3) is 56.3 Å². The first-order valence-electron chi connectivity index (χ1n) is 44.1. The Balaban J connectivity index is 0.000000148. The fourth-order valence-electron chi connectivity index (χ4n) is 16.7. The minimum atomic E-state index is -1.45. The Hall–Kier alpha value is -16.3. The van der Waals surface area contributed by atoms with Crippen molar-refractivity contribution in [3.63, 3.8) is 0 Å². The molecule has 136 heavy (non-hydrogen) atoms. The lowest BCUT2D eigenvalue weighted by Gasteiger charge is -2.34. The number of fused-ring (bicyclic) bond motifs is 3. The number of carbonyl (C=O) groups is 11. The van der Waals surface area contributed by atoms with Crippen molar-refractivity contribution in [2.24, 2.45) is 41.7 Å². The number of hydrogen-bond donors (Lipinski definition) is 3. The van der Waals surface area contributed by atoms with Crippen molar-refractivity contribution in [3.8, 4) is 121 Å². The van der Waals surface area contributed by atoms with Gasteiger partial charge in [-0.15, -0.1) is 0 Å². The molecule has 0 saturated carbocycles. The molecule has 11 aromatic rings. The van der Waals surface area contributed by atoms with Crippen LogP contribution in [-0.2, 0) is 72.1 Å². The highest BCUT2D eigenvalue weighted by Gasteiger charge is 2.52. The molecule has 31 nitrogen and oxygen atoms in total. The zero-order valence-corrected chi connectivity index (χ0v) is 76.7. The summed E-state index contributed by atoms with van der Waals surface area (Å²) in [5.74, 6) is 15.0. The molecule has 4 fully saturated rings. The van der Waals surface area contributed by atoms with Crippen LogP contribution in [0, 0.1) is 68.9 Å². The Morgan fingerprint density at radius 3 is 1.28 bits per heavy atom. The number of rotatable bonds is 19. The number of halogens is 1. The van der Waals surface area contributed by atoms with Crippen molar-refractivity contribution < 1.29 is 80.8 Å². The number of pyridine rings is 3. The van der Waals surface area contributed by atoms with E-state index in [0.29, 0.717) is 103 Å². The number of aromatic nitrogens is 7. The third-order valence-electron chi connectivity index (χ3n) is 24.4. The first-order chi connectivity index (χ1) is 65.2. The molecular weight excluding hydrogens is 1730 g/mol. The maximum atomic E-state index is 14.9. The van der Waals surface area contributed by atoms with Crippen LogP contribution >= 0.6 is 0 Å². The van der Waals surface area contributed by atoms with Crippen LogP contribution in [0.5, 0.6) is 28.7 Å². The van der Waals surface area contributed by atoms with E-state index >= 15 is 0 Å². The standard InChI is InChI=1S/C36H33N5O6.C35H31N5O6.C33H32FN5O4/c1-35(2,3)34(45)47-29-13-12-28(25-18-37-40(4)19-25)38-31(29)23-8-6-22(7-9-23)14-15-36(17-30(42)39-33(36)44)21-41-20-24-10-11-26(46-5)16-27(24)32(41)43;1-21(2)33(43)46-29-12-11-28(25-17-36-39(3)18-25)37-31(29)23-7-5-22(6-8-23)13-14-35(16-30(41)38-34(35)44)20-40-19-24-9-10-26(45-4)15-27(24)32(40)42;1-3-37-15-17-38(18-16-37)27-6-4-5-25(35-27)23-9-7-22(8-10-23)13-14-33(19-28(40)36-32(33)42)21-39-20-24-11-12-26(43-2)30(34)29(24)31(39)41/h6-13,16,18-19H,17,20-21H2,1-5H3,(H,39,42,44);5-12,15,17-18,21H,16,19-20H2,1-4H3,(H,38,41,44);4-12H,3,15-21H2,1-2H3,(H,36,40,42)/t36-;35-;33-/m111/s1. The number of carbonyl (C=O) groups excluding carboxylic acids is 11. The Morgan fingerprint density at radius 1 is 0.471 bits per heavy atom. The van der Waals surface area contributed by atoms with Crippen LogP contribution in [0.15, 0.2) is 189 Å². The van der Waals surface area contributed by atoms with Crippen LogP contribution in [0.1, 0.15) is 125 Å². The van der Waals surface area contributed by atoms with Crippen LogP contribution in [0.4, 0.5) is 10.2 Å². The van der Waals surface area contributed by atoms with E-state index in [1.54, 1.807) is 169 Å². The predicted molar refractivity (Wildman–Crippen MR) is 498 cm³/mol. The van der Waals surface area contributed by atoms with Gasteiger partial charge in [-0.3, -0.25) is 78.1 Å².